The fraction of sp³-hybridized carbons (Fsp3) is 0.375. The maximum Gasteiger partial charge on any atom is 0.328 e. The lowest BCUT2D eigenvalue weighted by molar-refractivity contribution is 0.481. The summed E-state index contributed by atoms with van der Waals surface area (Å²) < 4.78 is 3.56. The van der Waals surface area contributed by atoms with Crippen molar-refractivity contribution >= 4 is 11.2 Å². The Morgan fingerprint density at radius 3 is 2.97 bits per heavy atom. The first kappa shape index (κ1) is 21.7. The second-order valence-corrected chi connectivity index (χ2v) is 7.53. The monoisotopic (exact) mass is 431 g/mol. The second-order valence-electron chi connectivity index (χ2n) is 7.53. The van der Waals surface area contributed by atoms with E-state index in [2.05, 4.69) is 32.1 Å². The highest BCUT2D eigenvalue weighted by atomic mass is 16.1. The highest BCUT2D eigenvalue weighted by molar-refractivity contribution is 5.70. The summed E-state index contributed by atoms with van der Waals surface area (Å²) in [7, 11) is 0. The van der Waals surface area contributed by atoms with Gasteiger partial charge in [-0.05, 0) is 50.7 Å². The van der Waals surface area contributed by atoms with Crippen LogP contribution in [0.15, 0.2) is 54.0 Å². The molecule has 8 nitrogen and oxygen atoms in total. The van der Waals surface area contributed by atoms with Crippen molar-refractivity contribution < 1.29 is 0 Å². The van der Waals surface area contributed by atoms with Crippen molar-refractivity contribution in [3.05, 3.63) is 76.6 Å². The van der Waals surface area contributed by atoms with E-state index in [1.54, 1.807) is 17.1 Å². The van der Waals surface area contributed by atoms with Gasteiger partial charge in [-0.3, -0.25) is 14.1 Å². The molecule has 0 unspecified atom stereocenters. The molecule has 32 heavy (non-hydrogen) atoms. The molecule has 0 radical (unpaired) electrons. The molecule has 0 bridgehead atoms. The van der Waals surface area contributed by atoms with Crippen LogP contribution in [0.2, 0.25) is 0 Å². The number of allylic oxidation sites excluding steroid dienone is 2. The Bertz CT molecular complexity index is 1280. The number of rotatable bonds is 5. The van der Waals surface area contributed by atoms with E-state index >= 15 is 0 Å². The predicted molar refractivity (Wildman–Crippen MR) is 125 cm³/mol. The minimum atomic E-state index is -0.171. The van der Waals surface area contributed by atoms with E-state index in [0.29, 0.717) is 17.1 Å². The Labute approximate surface area is 187 Å². The molecule has 4 aromatic rings. The number of fused-ring (bicyclic) bond motifs is 2. The van der Waals surface area contributed by atoms with Gasteiger partial charge in [0.15, 0.2) is 5.65 Å². The molecule has 8 heteroatoms. The highest BCUT2D eigenvalue weighted by Gasteiger charge is 2.26. The zero-order valence-electron chi connectivity index (χ0n) is 18.8. The Balaban J connectivity index is 0.00000119. The fourth-order valence-corrected chi connectivity index (χ4v) is 4.17. The van der Waals surface area contributed by atoms with Gasteiger partial charge in [0, 0.05) is 18.1 Å². The van der Waals surface area contributed by atoms with Crippen molar-refractivity contribution in [1.82, 2.24) is 34.1 Å². The number of hydrogen-bond acceptors (Lipinski definition) is 5. The fourth-order valence-electron chi connectivity index (χ4n) is 4.17. The average Bonchev–Trinajstić information content (AvgIpc) is 3.43. The Kier molecular flexibility index (Phi) is 6.58. The molecule has 1 N–H and O–H groups in total. The number of imidazole rings is 2. The lowest BCUT2D eigenvalue weighted by Gasteiger charge is -2.25. The lowest BCUT2D eigenvalue weighted by atomic mass is 9.91. The first-order chi connectivity index (χ1) is 15.7. The number of aromatic nitrogens is 7. The Morgan fingerprint density at radius 2 is 2.12 bits per heavy atom. The van der Waals surface area contributed by atoms with Crippen LogP contribution in [0.5, 0.6) is 0 Å². The molecule has 0 saturated heterocycles. The van der Waals surface area contributed by atoms with Crippen LogP contribution in [0.3, 0.4) is 0 Å². The maximum absolute atomic E-state index is 12.8. The van der Waals surface area contributed by atoms with Crippen LogP contribution in [0.25, 0.3) is 17.1 Å². The van der Waals surface area contributed by atoms with Gasteiger partial charge in [0.05, 0.1) is 17.9 Å². The van der Waals surface area contributed by atoms with Gasteiger partial charge >= 0.3 is 5.69 Å². The van der Waals surface area contributed by atoms with E-state index in [0.717, 1.165) is 49.1 Å². The molecule has 1 aliphatic rings. The number of hydrogen-bond donors (Lipinski definition) is 1. The van der Waals surface area contributed by atoms with Crippen LogP contribution in [0.1, 0.15) is 63.0 Å². The van der Waals surface area contributed by atoms with Gasteiger partial charge in [-0.15, -0.1) is 0 Å². The highest BCUT2D eigenvalue weighted by Crippen LogP contribution is 2.32. The van der Waals surface area contributed by atoms with Crippen LogP contribution in [0, 0.1) is 0 Å². The summed E-state index contributed by atoms with van der Waals surface area (Å²) in [6.07, 6.45) is 15.9. The minimum absolute atomic E-state index is 0.0781. The normalized spacial score (nSPS) is 15.5. The molecular weight excluding hydrogens is 402 g/mol. The van der Waals surface area contributed by atoms with Crippen molar-refractivity contribution in [2.75, 3.05) is 0 Å². The smallest absolute Gasteiger partial charge is 0.303 e. The van der Waals surface area contributed by atoms with Crippen LogP contribution in [-0.2, 0) is 12.8 Å². The molecule has 0 saturated carbocycles. The molecule has 4 heterocycles. The van der Waals surface area contributed by atoms with E-state index in [1.165, 1.54) is 0 Å². The third-order valence-electron chi connectivity index (χ3n) is 5.60. The summed E-state index contributed by atoms with van der Waals surface area (Å²) in [4.78, 5) is 33.9. The number of aromatic amines is 1. The summed E-state index contributed by atoms with van der Waals surface area (Å²) in [6, 6.07) is 3.91. The quantitative estimate of drug-likeness (QED) is 0.479. The van der Waals surface area contributed by atoms with E-state index in [4.69, 9.17) is 4.98 Å². The van der Waals surface area contributed by atoms with Crippen molar-refractivity contribution in [3.63, 3.8) is 0 Å². The maximum atomic E-state index is 12.8. The van der Waals surface area contributed by atoms with Gasteiger partial charge in [0.2, 0.25) is 5.95 Å². The third-order valence-corrected chi connectivity index (χ3v) is 5.60. The molecule has 0 spiro atoms. The summed E-state index contributed by atoms with van der Waals surface area (Å²) in [5.41, 5.74) is 4.21. The third kappa shape index (κ3) is 4.12. The average molecular weight is 432 g/mol. The molecule has 0 fully saturated rings. The molecule has 1 aliphatic carbocycles. The van der Waals surface area contributed by atoms with E-state index in [9.17, 15) is 4.79 Å². The van der Waals surface area contributed by atoms with Gasteiger partial charge in [-0.2, -0.15) is 4.98 Å². The van der Waals surface area contributed by atoms with Crippen LogP contribution >= 0.6 is 0 Å². The second kappa shape index (κ2) is 9.72. The minimum Gasteiger partial charge on any atom is -0.303 e. The number of nitrogens with zero attached hydrogens (tertiary/aromatic N) is 6. The summed E-state index contributed by atoms with van der Waals surface area (Å²) in [5.74, 6) is 0.502. The molecule has 166 valence electrons. The number of H-pyrrole nitrogens is 1. The first-order valence-electron chi connectivity index (χ1n) is 11.3. The van der Waals surface area contributed by atoms with Crippen molar-refractivity contribution in [3.8, 4) is 5.95 Å². The Morgan fingerprint density at radius 1 is 1.25 bits per heavy atom. The standard InChI is InChI=1S/C22H23N7O.C2H6/c1-2-3-4-7-15-13-28(14-25-15)21-24-12-18-20(27-21)29(22(30)26-18)19-10-5-9-17-16(19)8-6-11-23-17;1-2/h2-3,6,8,11-14,19H,4-5,7,9-10H2,1H3,(H,26,30);1-2H3/b3-2-;/t19-;/m1./s1. The molecule has 1 atom stereocenters. The SMILES string of the molecule is C/C=C\CCc1cn(-c2ncc3[nH]c(=O)n([C@@H]4CCCc5ncccc54)c3n2)cn1.CC. The zero-order valence-corrected chi connectivity index (χ0v) is 18.8. The van der Waals surface area contributed by atoms with Crippen molar-refractivity contribution in [2.45, 2.75) is 58.9 Å². The number of nitrogens with one attached hydrogen (secondary N) is 1. The topological polar surface area (TPSA) is 94.3 Å². The summed E-state index contributed by atoms with van der Waals surface area (Å²) in [6.45, 7) is 6.01. The zero-order chi connectivity index (χ0) is 22.5. The van der Waals surface area contributed by atoms with Crippen molar-refractivity contribution in [1.29, 1.82) is 0 Å². The van der Waals surface area contributed by atoms with Crippen molar-refractivity contribution in [2.24, 2.45) is 0 Å². The van der Waals surface area contributed by atoms with Crippen LogP contribution in [-0.4, -0.2) is 34.1 Å². The molecule has 0 aromatic carbocycles. The molecule has 5 rings (SSSR count). The Hall–Kier alpha value is -3.55. The molecule has 0 amide bonds. The first-order valence-corrected chi connectivity index (χ1v) is 11.3. The van der Waals surface area contributed by atoms with Gasteiger partial charge in [-0.25, -0.2) is 14.8 Å². The summed E-state index contributed by atoms with van der Waals surface area (Å²) >= 11 is 0. The van der Waals surface area contributed by atoms with Crippen LogP contribution < -0.4 is 5.69 Å². The van der Waals surface area contributed by atoms with Gasteiger partial charge in [0.25, 0.3) is 0 Å². The van der Waals surface area contributed by atoms with E-state index in [1.807, 2.05) is 49.9 Å². The molecular formula is C24H29N7O. The summed E-state index contributed by atoms with van der Waals surface area (Å²) in [5, 5.41) is 0. The molecule has 0 aliphatic heterocycles. The largest absolute Gasteiger partial charge is 0.328 e. The molecule has 4 aromatic heterocycles. The lowest BCUT2D eigenvalue weighted by Crippen LogP contribution is -2.27. The van der Waals surface area contributed by atoms with E-state index < -0.39 is 0 Å². The number of aryl methyl sites for hydroxylation is 2. The van der Waals surface area contributed by atoms with Crippen LogP contribution in [0.4, 0.5) is 0 Å². The van der Waals surface area contributed by atoms with E-state index in [-0.39, 0.29) is 11.7 Å². The van der Waals surface area contributed by atoms with Gasteiger partial charge in [-0.1, -0.05) is 32.1 Å². The van der Waals surface area contributed by atoms with Gasteiger partial charge in [0.1, 0.15) is 11.8 Å². The number of pyridine rings is 1. The predicted octanol–water partition coefficient (Wildman–Crippen LogP) is 4.16. The van der Waals surface area contributed by atoms with Gasteiger partial charge < -0.3 is 4.98 Å².